The first-order valence-corrected chi connectivity index (χ1v) is 11.5. The number of aryl methyl sites for hydroxylation is 1. The van der Waals surface area contributed by atoms with Gasteiger partial charge < -0.3 is 25.0 Å². The zero-order valence-electron chi connectivity index (χ0n) is 20.1. The van der Waals surface area contributed by atoms with Gasteiger partial charge in [0.05, 0.1) is 6.61 Å². The second kappa shape index (κ2) is 9.29. The summed E-state index contributed by atoms with van der Waals surface area (Å²) in [5.74, 6) is 2.26. The Morgan fingerprint density at radius 2 is 2.00 bits per heavy atom. The number of hydrogen-bond donors (Lipinski definition) is 2. The lowest BCUT2D eigenvalue weighted by Gasteiger charge is -2.25. The molecule has 0 atom stereocenters. The molecule has 0 radical (unpaired) electrons. The predicted molar refractivity (Wildman–Crippen MR) is 130 cm³/mol. The van der Waals surface area contributed by atoms with Gasteiger partial charge in [-0.1, -0.05) is 6.08 Å². The molecule has 1 amide bonds. The first-order valence-electron chi connectivity index (χ1n) is 11.5. The van der Waals surface area contributed by atoms with E-state index in [4.69, 9.17) is 9.47 Å². The normalized spacial score (nSPS) is 15.8. The maximum absolute atomic E-state index is 12.6. The highest BCUT2D eigenvalue weighted by Crippen LogP contribution is 2.39. The maximum Gasteiger partial charge on any atom is 0.410 e. The standard InChI is InChI=1S/C25H33N5O3/c1-16-13-21(26-5)29-23(27-16)28-19-14-18-9-12-32-22(18)20(15-19)17-7-6-10-30(11-8-17)24(31)33-25(2,3)4/h8,13-15H,6-7,9-12H2,1-5H3,(H2,26,27,28,29). The van der Waals surface area contributed by atoms with Gasteiger partial charge in [0.15, 0.2) is 0 Å². The lowest BCUT2D eigenvalue weighted by Crippen LogP contribution is -2.37. The molecule has 0 bridgehead atoms. The van der Waals surface area contributed by atoms with E-state index in [9.17, 15) is 4.79 Å². The second-order valence-corrected chi connectivity index (χ2v) is 9.46. The number of ether oxygens (including phenoxy) is 2. The lowest BCUT2D eigenvalue weighted by molar-refractivity contribution is 0.0273. The summed E-state index contributed by atoms with van der Waals surface area (Å²) in [7, 11) is 1.84. The third-order valence-corrected chi connectivity index (χ3v) is 5.58. The molecule has 176 valence electrons. The van der Waals surface area contributed by atoms with Gasteiger partial charge in [0.2, 0.25) is 5.95 Å². The van der Waals surface area contributed by atoms with Gasteiger partial charge in [-0.05, 0) is 58.2 Å². The molecule has 0 unspecified atom stereocenters. The Morgan fingerprint density at radius 1 is 1.18 bits per heavy atom. The molecule has 8 nitrogen and oxygen atoms in total. The van der Waals surface area contributed by atoms with Crippen molar-refractivity contribution in [2.45, 2.75) is 52.6 Å². The minimum absolute atomic E-state index is 0.270. The highest BCUT2D eigenvalue weighted by atomic mass is 16.6. The minimum atomic E-state index is -0.504. The Balaban J connectivity index is 1.61. The van der Waals surface area contributed by atoms with Crippen molar-refractivity contribution in [3.05, 3.63) is 41.1 Å². The highest BCUT2D eigenvalue weighted by Gasteiger charge is 2.25. The first-order chi connectivity index (χ1) is 15.7. The van der Waals surface area contributed by atoms with Crippen molar-refractivity contribution >= 4 is 29.1 Å². The van der Waals surface area contributed by atoms with Gasteiger partial charge in [0.1, 0.15) is 17.2 Å². The Bertz CT molecular complexity index is 1070. The molecule has 0 aliphatic carbocycles. The number of rotatable bonds is 4. The molecule has 0 saturated carbocycles. The van der Waals surface area contributed by atoms with Crippen LogP contribution in [0.4, 0.5) is 22.2 Å². The summed E-state index contributed by atoms with van der Waals surface area (Å²) in [6, 6.07) is 6.12. The molecule has 8 heteroatoms. The maximum atomic E-state index is 12.6. The Morgan fingerprint density at radius 3 is 2.76 bits per heavy atom. The van der Waals surface area contributed by atoms with Crippen LogP contribution >= 0.6 is 0 Å². The van der Waals surface area contributed by atoms with Gasteiger partial charge in [-0.25, -0.2) is 9.78 Å². The Labute approximate surface area is 195 Å². The molecule has 2 aromatic rings. The number of carbonyl (C=O) groups is 1. The van der Waals surface area contributed by atoms with Crippen LogP contribution in [-0.4, -0.2) is 53.3 Å². The number of nitrogens with zero attached hydrogens (tertiary/aromatic N) is 3. The fourth-order valence-electron chi connectivity index (χ4n) is 4.11. The third-order valence-electron chi connectivity index (χ3n) is 5.58. The van der Waals surface area contributed by atoms with Crippen molar-refractivity contribution in [1.82, 2.24) is 14.9 Å². The quantitative estimate of drug-likeness (QED) is 0.682. The van der Waals surface area contributed by atoms with Crippen LogP contribution in [0.1, 0.15) is 50.4 Å². The van der Waals surface area contributed by atoms with E-state index in [1.54, 1.807) is 4.90 Å². The fraction of sp³-hybridized carbons (Fsp3) is 0.480. The summed E-state index contributed by atoms with van der Waals surface area (Å²) < 4.78 is 11.6. The molecular formula is C25H33N5O3. The summed E-state index contributed by atoms with van der Waals surface area (Å²) in [5, 5.41) is 6.44. The van der Waals surface area contributed by atoms with E-state index in [2.05, 4.69) is 38.8 Å². The smallest absolute Gasteiger partial charge is 0.410 e. The molecule has 4 rings (SSSR count). The average molecular weight is 452 g/mol. The molecule has 2 aliphatic rings. The zero-order valence-corrected chi connectivity index (χ0v) is 20.1. The SMILES string of the molecule is CNc1cc(C)nc(Nc2cc3c(c(C4=CCN(C(=O)OC(C)(C)C)CCC4)c2)OCC3)n1. The summed E-state index contributed by atoms with van der Waals surface area (Å²) >= 11 is 0. The van der Waals surface area contributed by atoms with Gasteiger partial charge in [0, 0.05) is 55.1 Å². The van der Waals surface area contributed by atoms with Crippen LogP contribution in [0.2, 0.25) is 0 Å². The average Bonchev–Trinajstić information content (AvgIpc) is 3.06. The fourth-order valence-corrected chi connectivity index (χ4v) is 4.11. The number of allylic oxidation sites excluding steroid dienone is 1. The molecule has 3 heterocycles. The number of anilines is 3. The van der Waals surface area contributed by atoms with Gasteiger partial charge >= 0.3 is 6.09 Å². The number of hydrogen-bond acceptors (Lipinski definition) is 7. The van der Waals surface area contributed by atoms with Crippen LogP contribution in [-0.2, 0) is 11.2 Å². The largest absolute Gasteiger partial charge is 0.492 e. The van der Waals surface area contributed by atoms with E-state index in [0.29, 0.717) is 25.6 Å². The summed E-state index contributed by atoms with van der Waals surface area (Å²) in [5.41, 5.74) is 4.73. The zero-order chi connectivity index (χ0) is 23.6. The molecule has 2 aliphatic heterocycles. The number of nitrogens with one attached hydrogen (secondary N) is 2. The van der Waals surface area contributed by atoms with Crippen LogP contribution in [0.15, 0.2) is 24.3 Å². The van der Waals surface area contributed by atoms with Crippen molar-refractivity contribution in [1.29, 1.82) is 0 Å². The van der Waals surface area contributed by atoms with Gasteiger partial charge in [-0.3, -0.25) is 0 Å². The molecule has 33 heavy (non-hydrogen) atoms. The van der Waals surface area contributed by atoms with Crippen LogP contribution in [0.3, 0.4) is 0 Å². The van der Waals surface area contributed by atoms with Crippen molar-refractivity contribution < 1.29 is 14.3 Å². The van der Waals surface area contributed by atoms with Crippen LogP contribution in [0.5, 0.6) is 5.75 Å². The third kappa shape index (κ3) is 5.56. The predicted octanol–water partition coefficient (Wildman–Crippen LogP) is 4.92. The number of amides is 1. The Kier molecular flexibility index (Phi) is 6.44. The first kappa shape index (κ1) is 22.9. The van der Waals surface area contributed by atoms with Gasteiger partial charge in [-0.15, -0.1) is 0 Å². The molecule has 2 N–H and O–H groups in total. The van der Waals surface area contributed by atoms with E-state index in [1.165, 1.54) is 11.1 Å². The van der Waals surface area contributed by atoms with Crippen molar-refractivity contribution in [2.24, 2.45) is 0 Å². The summed E-state index contributed by atoms with van der Waals surface area (Å²) in [6.07, 6.45) is 4.45. The van der Waals surface area contributed by atoms with Gasteiger partial charge in [0.25, 0.3) is 0 Å². The van der Waals surface area contributed by atoms with E-state index in [1.807, 2.05) is 40.8 Å². The van der Waals surface area contributed by atoms with Crippen LogP contribution in [0, 0.1) is 6.92 Å². The minimum Gasteiger partial charge on any atom is -0.492 e. The topological polar surface area (TPSA) is 88.6 Å². The molecule has 0 saturated heterocycles. The summed E-state index contributed by atoms with van der Waals surface area (Å²) in [6.45, 7) is 9.47. The van der Waals surface area contributed by atoms with Crippen molar-refractivity contribution in [3.63, 3.8) is 0 Å². The number of aromatic nitrogens is 2. The monoisotopic (exact) mass is 451 g/mol. The van der Waals surface area contributed by atoms with Gasteiger partial charge in [-0.2, -0.15) is 4.98 Å². The van der Waals surface area contributed by atoms with E-state index in [0.717, 1.165) is 47.8 Å². The number of fused-ring (bicyclic) bond motifs is 1. The summed E-state index contributed by atoms with van der Waals surface area (Å²) in [4.78, 5) is 23.4. The van der Waals surface area contributed by atoms with Crippen molar-refractivity contribution in [2.75, 3.05) is 37.4 Å². The van der Waals surface area contributed by atoms with E-state index < -0.39 is 5.60 Å². The van der Waals surface area contributed by atoms with Crippen molar-refractivity contribution in [3.8, 4) is 5.75 Å². The number of carbonyl (C=O) groups excluding carboxylic acids is 1. The molecule has 0 spiro atoms. The lowest BCUT2D eigenvalue weighted by atomic mass is 9.97. The molecule has 1 aromatic carbocycles. The van der Waals surface area contributed by atoms with Crippen LogP contribution < -0.4 is 15.4 Å². The van der Waals surface area contributed by atoms with E-state index in [-0.39, 0.29) is 6.09 Å². The highest BCUT2D eigenvalue weighted by molar-refractivity contribution is 5.78. The van der Waals surface area contributed by atoms with Crippen LogP contribution in [0.25, 0.3) is 5.57 Å². The Hall–Kier alpha value is -3.29. The molecular weight excluding hydrogens is 418 g/mol. The molecule has 0 fully saturated rings. The molecule has 1 aromatic heterocycles. The number of benzene rings is 1. The second-order valence-electron chi connectivity index (χ2n) is 9.46. The van der Waals surface area contributed by atoms with E-state index >= 15 is 0 Å².